The number of rotatable bonds is 9. The zero-order valence-electron chi connectivity index (χ0n) is 19.2. The number of hydrogen-bond donors (Lipinski definition) is 1. The Labute approximate surface area is 204 Å². The topological polar surface area (TPSA) is 199 Å². The van der Waals surface area contributed by atoms with Crippen molar-refractivity contribution in [2.45, 2.75) is 88.7 Å². The number of carbonyl (C=O) groups is 3. The van der Waals surface area contributed by atoms with Gasteiger partial charge in [0.15, 0.2) is 18.4 Å². The van der Waals surface area contributed by atoms with Gasteiger partial charge in [-0.3, -0.25) is 39.9 Å². The average molecular weight is 519 g/mol. The number of hydrogen-bond acceptors (Lipinski definition) is 14. The third-order valence-electron chi connectivity index (χ3n) is 5.66. The minimum atomic E-state index is -1.33. The molecule has 0 radical (unpaired) electrons. The van der Waals surface area contributed by atoms with Gasteiger partial charge in [-0.1, -0.05) is 0 Å². The van der Waals surface area contributed by atoms with Gasteiger partial charge in [-0.15, -0.1) is 0 Å². The van der Waals surface area contributed by atoms with Gasteiger partial charge in [-0.05, 0) is 18.6 Å². The fraction of sp³-hybridized carbons (Fsp3) is 0.789. The Bertz CT molecular complexity index is 896. The van der Waals surface area contributed by atoms with E-state index in [0.29, 0.717) is 0 Å². The van der Waals surface area contributed by atoms with Crippen LogP contribution in [0.5, 0.6) is 0 Å². The normalized spacial score (nSPS) is 32.4. The van der Waals surface area contributed by atoms with E-state index < -0.39 is 76.5 Å². The summed E-state index contributed by atoms with van der Waals surface area (Å²) in [5.74, 6) is -2.17. The highest BCUT2D eigenvalue weighted by molar-refractivity contribution is 7.78. The van der Waals surface area contributed by atoms with Crippen LogP contribution in [0.2, 0.25) is 0 Å². The third-order valence-corrected chi connectivity index (χ3v) is 5.77. The van der Waals surface area contributed by atoms with Crippen molar-refractivity contribution in [1.82, 2.24) is 5.32 Å². The van der Waals surface area contributed by atoms with E-state index in [1.165, 1.54) is 0 Å². The molecule has 0 aromatic carbocycles. The first kappa shape index (κ1) is 28.2. The number of thiocarbonyl (C=S) groups is 1. The molecule has 16 heteroatoms. The van der Waals surface area contributed by atoms with Crippen molar-refractivity contribution >= 4 is 35.3 Å². The number of carbonyl (C=O) groups excluding carboxylic acids is 3. The number of nitrogens with one attached hydrogen (secondary N) is 1. The van der Waals surface area contributed by atoms with Gasteiger partial charge >= 0.3 is 17.9 Å². The van der Waals surface area contributed by atoms with E-state index >= 15 is 0 Å². The van der Waals surface area contributed by atoms with E-state index in [9.17, 15) is 34.6 Å². The molecular formula is C19H26N4O11S. The first-order chi connectivity index (χ1) is 16.4. The van der Waals surface area contributed by atoms with E-state index in [1.807, 2.05) is 0 Å². The van der Waals surface area contributed by atoms with Crippen LogP contribution in [-0.4, -0.2) is 88.2 Å². The van der Waals surface area contributed by atoms with Gasteiger partial charge in [-0.25, -0.2) is 0 Å². The lowest BCUT2D eigenvalue weighted by atomic mass is 9.85. The maximum atomic E-state index is 11.9. The molecule has 0 bridgehead atoms. The molecule has 35 heavy (non-hydrogen) atoms. The summed E-state index contributed by atoms with van der Waals surface area (Å²) in [7, 11) is 0. The van der Waals surface area contributed by atoms with E-state index in [1.54, 1.807) is 0 Å². The molecule has 1 heterocycles. The summed E-state index contributed by atoms with van der Waals surface area (Å²) >= 11 is 4.68. The largest absolute Gasteiger partial charge is 0.463 e. The molecule has 0 spiro atoms. The average Bonchev–Trinajstić information content (AvgIpc) is 2.75. The maximum absolute atomic E-state index is 11.9. The Morgan fingerprint density at radius 2 is 1.69 bits per heavy atom. The summed E-state index contributed by atoms with van der Waals surface area (Å²) in [6.45, 7) is 2.99. The highest BCUT2D eigenvalue weighted by Crippen LogP contribution is 2.30. The van der Waals surface area contributed by atoms with E-state index in [-0.39, 0.29) is 25.9 Å². The van der Waals surface area contributed by atoms with Crippen LogP contribution in [0.3, 0.4) is 0 Å². The zero-order chi connectivity index (χ0) is 26.3. The summed E-state index contributed by atoms with van der Waals surface area (Å²) in [5.41, 5.74) is 0. The fourth-order valence-electron chi connectivity index (χ4n) is 4.25. The number of ether oxygens (including phenoxy) is 4. The molecule has 0 amide bonds. The molecule has 1 N–H and O–H groups in total. The van der Waals surface area contributed by atoms with Gasteiger partial charge in [0.2, 0.25) is 12.1 Å². The van der Waals surface area contributed by atoms with E-state index in [4.69, 9.17) is 18.9 Å². The molecule has 2 fully saturated rings. The monoisotopic (exact) mass is 518 g/mol. The fourth-order valence-corrected chi connectivity index (χ4v) is 4.35. The van der Waals surface area contributed by atoms with Crippen molar-refractivity contribution in [2.75, 3.05) is 6.61 Å². The van der Waals surface area contributed by atoms with Crippen molar-refractivity contribution in [2.24, 2.45) is 4.99 Å². The van der Waals surface area contributed by atoms with E-state index in [2.05, 4.69) is 27.7 Å². The van der Waals surface area contributed by atoms with Crippen LogP contribution in [-0.2, 0) is 33.3 Å². The molecule has 2 rings (SSSR count). The second-order valence-electron chi connectivity index (χ2n) is 8.14. The smallest absolute Gasteiger partial charge is 0.303 e. The molecule has 0 aromatic heterocycles. The molecule has 15 nitrogen and oxygen atoms in total. The lowest BCUT2D eigenvalue weighted by Gasteiger charge is -2.45. The van der Waals surface area contributed by atoms with Gasteiger partial charge in [0.1, 0.15) is 12.7 Å². The van der Waals surface area contributed by atoms with Crippen molar-refractivity contribution in [3.63, 3.8) is 0 Å². The van der Waals surface area contributed by atoms with Crippen molar-refractivity contribution < 1.29 is 43.2 Å². The van der Waals surface area contributed by atoms with Crippen LogP contribution in [0.4, 0.5) is 0 Å². The number of nitro groups is 2. The van der Waals surface area contributed by atoms with Crippen LogP contribution in [0.15, 0.2) is 4.99 Å². The minimum Gasteiger partial charge on any atom is -0.463 e. The van der Waals surface area contributed by atoms with Crippen molar-refractivity contribution in [3.05, 3.63) is 20.2 Å². The van der Waals surface area contributed by atoms with Crippen LogP contribution in [0.1, 0.15) is 40.0 Å². The standard InChI is InChI=1S/C19H26N4O11S/c1-9(24)31-7-15-17(32-10(2)25)18(33-11(3)26)16(19(34-15)20-8-35)21-13-5-4-12(22(27)28)6-14(13)23(29)30/h12-19,21H,4-7H2,1-3H3/t12-,13+,14-,15-,16+,17+,18+,19-/m0/s1. The second-order valence-corrected chi connectivity index (χ2v) is 8.32. The van der Waals surface area contributed by atoms with Crippen LogP contribution >= 0.6 is 12.2 Å². The number of isothiocyanates is 1. The van der Waals surface area contributed by atoms with Crippen molar-refractivity contribution in [3.8, 4) is 0 Å². The molecule has 0 aromatic rings. The number of aliphatic imine (C=N–C) groups is 1. The first-order valence-electron chi connectivity index (χ1n) is 10.7. The predicted octanol–water partition coefficient (Wildman–Crippen LogP) is 0.0419. The summed E-state index contributed by atoms with van der Waals surface area (Å²) in [4.78, 5) is 60.8. The summed E-state index contributed by atoms with van der Waals surface area (Å²) in [5, 5.41) is 28.0. The molecule has 0 unspecified atom stereocenters. The Balaban J connectivity index is 2.43. The lowest BCUT2D eigenvalue weighted by Crippen LogP contribution is -2.68. The van der Waals surface area contributed by atoms with Crippen molar-refractivity contribution in [1.29, 1.82) is 0 Å². The molecule has 2 aliphatic rings. The quantitative estimate of drug-likeness (QED) is 0.107. The summed E-state index contributed by atoms with van der Waals surface area (Å²) in [6, 6.07) is -4.42. The Morgan fingerprint density at radius 3 is 2.20 bits per heavy atom. The minimum absolute atomic E-state index is 0.0592. The molecule has 1 saturated heterocycles. The second kappa shape index (κ2) is 12.6. The predicted molar refractivity (Wildman–Crippen MR) is 118 cm³/mol. The van der Waals surface area contributed by atoms with Crippen LogP contribution in [0, 0.1) is 20.2 Å². The van der Waals surface area contributed by atoms with Gasteiger partial charge in [0.05, 0.1) is 23.7 Å². The zero-order valence-corrected chi connectivity index (χ0v) is 20.0. The SMILES string of the molecule is CC(=O)OC[C@@H]1O[C@H](N=C=S)[C@H](N[C@@H]2CC[C@H]([N+](=O)[O-])C[C@@H]2[N+](=O)[O-])[C@@H](OC(C)=O)[C@@H]1OC(C)=O. The Hall–Kier alpha value is -3.07. The van der Waals surface area contributed by atoms with Gasteiger partial charge in [0, 0.05) is 37.0 Å². The highest BCUT2D eigenvalue weighted by atomic mass is 32.1. The third kappa shape index (κ3) is 7.71. The molecule has 1 aliphatic carbocycles. The van der Waals surface area contributed by atoms with E-state index in [0.717, 1.165) is 20.8 Å². The first-order valence-corrected chi connectivity index (χ1v) is 11.1. The molecular weight excluding hydrogens is 492 g/mol. The molecule has 1 saturated carbocycles. The van der Waals surface area contributed by atoms with Crippen LogP contribution < -0.4 is 5.32 Å². The number of nitrogens with zero attached hydrogens (tertiary/aromatic N) is 3. The molecule has 8 atom stereocenters. The highest BCUT2D eigenvalue weighted by Gasteiger charge is 2.53. The maximum Gasteiger partial charge on any atom is 0.303 e. The summed E-state index contributed by atoms with van der Waals surface area (Å²) < 4.78 is 21.6. The van der Waals surface area contributed by atoms with Gasteiger partial charge in [0.25, 0.3) is 0 Å². The Morgan fingerprint density at radius 1 is 1.06 bits per heavy atom. The Kier molecular flexibility index (Phi) is 10.1. The summed E-state index contributed by atoms with van der Waals surface area (Å²) in [6.07, 6.45) is -5.11. The molecule has 194 valence electrons. The molecule has 1 aliphatic heterocycles. The van der Waals surface area contributed by atoms with Gasteiger partial charge < -0.3 is 18.9 Å². The van der Waals surface area contributed by atoms with Gasteiger partial charge in [-0.2, -0.15) is 4.99 Å². The number of esters is 3. The van der Waals surface area contributed by atoms with Crippen LogP contribution in [0.25, 0.3) is 0 Å². The lowest BCUT2D eigenvalue weighted by molar-refractivity contribution is -0.570.